The van der Waals surface area contributed by atoms with E-state index in [1.54, 1.807) is 12.1 Å². The van der Waals surface area contributed by atoms with Gasteiger partial charge in [-0.15, -0.1) is 0 Å². The van der Waals surface area contributed by atoms with E-state index < -0.39 is 11.7 Å². The summed E-state index contributed by atoms with van der Waals surface area (Å²) in [4.78, 5) is 14.8. The van der Waals surface area contributed by atoms with Crippen LogP contribution in [0.4, 0.5) is 5.69 Å². The monoisotopic (exact) mass is 397 g/mol. The van der Waals surface area contributed by atoms with Crippen LogP contribution in [0.3, 0.4) is 0 Å². The third kappa shape index (κ3) is 4.91. The third-order valence-electron chi connectivity index (χ3n) is 4.40. The Bertz CT molecular complexity index is 936. The maximum absolute atomic E-state index is 11.7. The lowest BCUT2D eigenvalue weighted by Crippen LogP contribution is -2.44. The lowest BCUT2D eigenvalue weighted by atomic mass is 9.98. The first-order valence-electron chi connectivity index (χ1n) is 9.09. The number of carbonyl (C=O) groups excluding carboxylic acids is 1. The number of anilines is 1. The van der Waals surface area contributed by atoms with Gasteiger partial charge in [0, 0.05) is 18.3 Å². The number of nitrogens with zero attached hydrogens (tertiary/aromatic N) is 2. The minimum Gasteiger partial charge on any atom is -0.508 e. The molecular formula is C21H27N5O3. The number of amidine groups is 2. The minimum absolute atomic E-state index is 0.0588. The molecule has 0 saturated carbocycles. The molecule has 2 aromatic carbocycles. The molecule has 8 heteroatoms. The fourth-order valence-corrected chi connectivity index (χ4v) is 2.96. The van der Waals surface area contributed by atoms with E-state index in [-0.39, 0.29) is 28.8 Å². The Morgan fingerprint density at radius 1 is 1.07 bits per heavy atom. The Kier molecular flexibility index (Phi) is 6.60. The summed E-state index contributed by atoms with van der Waals surface area (Å²) in [5.74, 6) is -2.38. The second kappa shape index (κ2) is 8.74. The molecule has 0 aromatic heterocycles. The molecule has 0 radical (unpaired) electrons. The predicted octanol–water partition coefficient (Wildman–Crippen LogP) is 2.58. The topological polar surface area (TPSA) is 138 Å². The van der Waals surface area contributed by atoms with Crippen LogP contribution in [0.1, 0.15) is 36.5 Å². The van der Waals surface area contributed by atoms with Crippen LogP contribution >= 0.6 is 0 Å². The summed E-state index contributed by atoms with van der Waals surface area (Å²) < 4.78 is 0. The quantitative estimate of drug-likeness (QED) is 0.390. The van der Waals surface area contributed by atoms with Gasteiger partial charge in [0.15, 0.2) is 5.84 Å². The van der Waals surface area contributed by atoms with Gasteiger partial charge in [-0.2, -0.15) is 0 Å². The van der Waals surface area contributed by atoms with Crippen molar-refractivity contribution < 1.29 is 15.0 Å². The summed E-state index contributed by atoms with van der Waals surface area (Å²) in [7, 11) is 3.89. The van der Waals surface area contributed by atoms with Crippen LogP contribution in [0.5, 0.6) is 11.5 Å². The molecule has 0 heterocycles. The SMILES string of the molecule is CC(C)c1cc(C(=N)N(C(=N)C(N)=O)c2ccc(CN(C)C)cc2)c(O)cc1O. The first-order chi connectivity index (χ1) is 13.5. The molecule has 2 aromatic rings. The lowest BCUT2D eigenvalue weighted by molar-refractivity contribution is -0.112. The molecule has 29 heavy (non-hydrogen) atoms. The maximum atomic E-state index is 11.7. The highest BCUT2D eigenvalue weighted by molar-refractivity contribution is 6.47. The number of rotatable bonds is 5. The molecule has 8 nitrogen and oxygen atoms in total. The Balaban J connectivity index is 2.54. The van der Waals surface area contributed by atoms with Crippen molar-refractivity contribution in [2.24, 2.45) is 5.73 Å². The molecule has 0 saturated heterocycles. The van der Waals surface area contributed by atoms with Crippen LogP contribution in [-0.4, -0.2) is 46.8 Å². The van der Waals surface area contributed by atoms with Gasteiger partial charge in [-0.1, -0.05) is 26.0 Å². The zero-order valence-corrected chi connectivity index (χ0v) is 17.0. The van der Waals surface area contributed by atoms with Crippen molar-refractivity contribution in [1.29, 1.82) is 10.8 Å². The molecule has 154 valence electrons. The first kappa shape index (κ1) is 21.9. The number of hydrogen-bond acceptors (Lipinski definition) is 6. The smallest absolute Gasteiger partial charge is 0.284 e. The standard InChI is InChI=1S/C21H27N5O3/c1-12(2)15-9-16(18(28)10-17(15)27)19(22)26(20(23)21(24)29)14-7-5-13(6-8-14)11-25(3)4/h5-10,12,22-23,27-28H,11H2,1-4H3,(H2,24,29). The second-order valence-electron chi connectivity index (χ2n) is 7.38. The summed E-state index contributed by atoms with van der Waals surface area (Å²) in [5, 5.41) is 37.1. The fraction of sp³-hybridized carbons (Fsp3) is 0.286. The third-order valence-corrected chi connectivity index (χ3v) is 4.40. The summed E-state index contributed by atoms with van der Waals surface area (Å²) in [6, 6.07) is 9.68. The van der Waals surface area contributed by atoms with Crippen molar-refractivity contribution in [3.05, 3.63) is 53.1 Å². The highest BCUT2D eigenvalue weighted by Crippen LogP contribution is 2.33. The molecule has 6 N–H and O–H groups in total. The molecule has 0 aliphatic heterocycles. The van der Waals surface area contributed by atoms with E-state index in [9.17, 15) is 15.0 Å². The highest BCUT2D eigenvalue weighted by atomic mass is 16.3. The van der Waals surface area contributed by atoms with Crippen LogP contribution in [-0.2, 0) is 11.3 Å². The molecule has 0 bridgehead atoms. The van der Waals surface area contributed by atoms with E-state index in [0.717, 1.165) is 16.5 Å². The number of amides is 1. The van der Waals surface area contributed by atoms with Gasteiger partial charge >= 0.3 is 0 Å². The molecule has 0 aliphatic carbocycles. The van der Waals surface area contributed by atoms with Gasteiger partial charge < -0.3 is 20.8 Å². The van der Waals surface area contributed by atoms with Crippen LogP contribution in [0.2, 0.25) is 0 Å². The van der Waals surface area contributed by atoms with E-state index in [2.05, 4.69) is 0 Å². The van der Waals surface area contributed by atoms with Crippen LogP contribution in [0.15, 0.2) is 36.4 Å². The Morgan fingerprint density at radius 3 is 2.14 bits per heavy atom. The summed E-state index contributed by atoms with van der Waals surface area (Å²) in [5.41, 5.74) is 7.34. The zero-order valence-electron chi connectivity index (χ0n) is 17.0. The largest absolute Gasteiger partial charge is 0.508 e. The molecule has 1 amide bonds. The fourth-order valence-electron chi connectivity index (χ4n) is 2.96. The van der Waals surface area contributed by atoms with Gasteiger partial charge in [0.25, 0.3) is 5.91 Å². The lowest BCUT2D eigenvalue weighted by Gasteiger charge is -2.25. The molecule has 2 rings (SSSR count). The number of primary amides is 1. The average molecular weight is 397 g/mol. The number of phenolic OH excluding ortho intramolecular Hbond substituents is 2. The van der Waals surface area contributed by atoms with Crippen molar-refractivity contribution in [1.82, 2.24) is 4.90 Å². The summed E-state index contributed by atoms with van der Waals surface area (Å²) in [6.45, 7) is 4.44. The number of nitrogens with two attached hydrogens (primary N) is 1. The number of aromatic hydroxyl groups is 2. The summed E-state index contributed by atoms with van der Waals surface area (Å²) in [6.07, 6.45) is 0. The Morgan fingerprint density at radius 2 is 1.66 bits per heavy atom. The molecular weight excluding hydrogens is 370 g/mol. The molecule has 0 unspecified atom stereocenters. The van der Waals surface area contributed by atoms with Gasteiger partial charge in [0.1, 0.15) is 17.3 Å². The van der Waals surface area contributed by atoms with Gasteiger partial charge in [-0.3, -0.25) is 20.5 Å². The van der Waals surface area contributed by atoms with Crippen LogP contribution in [0.25, 0.3) is 0 Å². The van der Waals surface area contributed by atoms with Crippen molar-refractivity contribution >= 4 is 23.3 Å². The first-order valence-corrected chi connectivity index (χ1v) is 9.09. The highest BCUT2D eigenvalue weighted by Gasteiger charge is 2.26. The van der Waals surface area contributed by atoms with Gasteiger partial charge in [-0.05, 0) is 49.3 Å². The van der Waals surface area contributed by atoms with Crippen molar-refractivity contribution in [2.45, 2.75) is 26.3 Å². The summed E-state index contributed by atoms with van der Waals surface area (Å²) >= 11 is 0. The Labute approximate surface area is 170 Å². The van der Waals surface area contributed by atoms with Gasteiger partial charge in [0.05, 0.1) is 5.56 Å². The zero-order chi connectivity index (χ0) is 21.9. The predicted molar refractivity (Wildman–Crippen MR) is 114 cm³/mol. The number of hydrogen-bond donors (Lipinski definition) is 5. The minimum atomic E-state index is -1.01. The number of nitrogens with one attached hydrogen (secondary N) is 2. The number of phenols is 2. The van der Waals surface area contributed by atoms with Crippen LogP contribution in [0, 0.1) is 10.8 Å². The van der Waals surface area contributed by atoms with Gasteiger partial charge in [-0.25, -0.2) is 0 Å². The van der Waals surface area contributed by atoms with Crippen molar-refractivity contribution in [3.63, 3.8) is 0 Å². The Hall–Kier alpha value is -3.39. The molecule has 0 spiro atoms. The molecule has 0 fully saturated rings. The van der Waals surface area contributed by atoms with Crippen molar-refractivity contribution in [3.8, 4) is 11.5 Å². The van der Waals surface area contributed by atoms with Gasteiger partial charge in [0.2, 0.25) is 0 Å². The normalized spacial score (nSPS) is 11.0. The van der Waals surface area contributed by atoms with E-state index in [4.69, 9.17) is 16.6 Å². The number of carbonyl (C=O) groups is 1. The molecule has 0 atom stereocenters. The van der Waals surface area contributed by atoms with E-state index >= 15 is 0 Å². The molecule has 0 aliphatic rings. The van der Waals surface area contributed by atoms with E-state index in [1.807, 2.05) is 45.0 Å². The van der Waals surface area contributed by atoms with E-state index in [1.165, 1.54) is 6.07 Å². The van der Waals surface area contributed by atoms with Crippen LogP contribution < -0.4 is 10.6 Å². The maximum Gasteiger partial charge on any atom is 0.284 e. The van der Waals surface area contributed by atoms with Crippen molar-refractivity contribution in [2.75, 3.05) is 19.0 Å². The number of benzene rings is 2. The average Bonchev–Trinajstić information content (AvgIpc) is 2.62. The van der Waals surface area contributed by atoms with E-state index in [0.29, 0.717) is 17.8 Å². The second-order valence-corrected chi connectivity index (χ2v) is 7.38.